The van der Waals surface area contributed by atoms with E-state index in [4.69, 9.17) is 16.3 Å². The fourth-order valence-corrected chi connectivity index (χ4v) is 2.13. The van der Waals surface area contributed by atoms with Crippen LogP contribution in [0.4, 0.5) is 32.0 Å². The normalized spacial score (nSPS) is 11.8. The number of benzene rings is 2. The molecular formula is C17H12ClF6NO3. The summed E-state index contributed by atoms with van der Waals surface area (Å²) in [4.78, 5) is 11.9. The molecule has 11 heteroatoms. The van der Waals surface area contributed by atoms with E-state index in [2.05, 4.69) is 10.1 Å². The minimum Gasteiger partial charge on any atom is -0.484 e. The van der Waals surface area contributed by atoms with Crippen molar-refractivity contribution in [3.05, 3.63) is 53.1 Å². The van der Waals surface area contributed by atoms with Crippen LogP contribution in [0.1, 0.15) is 5.56 Å². The van der Waals surface area contributed by atoms with E-state index in [1.54, 1.807) is 0 Å². The summed E-state index contributed by atoms with van der Waals surface area (Å²) >= 11 is 5.76. The molecule has 0 aliphatic carbocycles. The first kappa shape index (κ1) is 21.7. The summed E-state index contributed by atoms with van der Waals surface area (Å²) in [5.74, 6) is -1.04. The predicted octanol–water partition coefficient (Wildman–Crippen LogP) is 5.32. The second-order valence-corrected chi connectivity index (χ2v) is 5.84. The van der Waals surface area contributed by atoms with E-state index in [0.717, 1.165) is 30.3 Å². The number of hydrogen-bond donors (Lipinski definition) is 1. The first-order valence-electron chi connectivity index (χ1n) is 7.53. The molecule has 0 heterocycles. The number of halogens is 7. The molecule has 28 heavy (non-hydrogen) atoms. The number of carbonyl (C=O) groups excluding carboxylic acids is 1. The van der Waals surface area contributed by atoms with Crippen LogP contribution in [0.2, 0.25) is 5.02 Å². The zero-order valence-electron chi connectivity index (χ0n) is 13.8. The van der Waals surface area contributed by atoms with Crippen molar-refractivity contribution >= 4 is 23.2 Å². The smallest absolute Gasteiger partial charge is 0.422 e. The molecule has 2 rings (SSSR count). The molecule has 0 radical (unpaired) electrons. The van der Waals surface area contributed by atoms with Crippen molar-refractivity contribution in [2.24, 2.45) is 0 Å². The van der Waals surface area contributed by atoms with Gasteiger partial charge in [-0.05, 0) is 42.5 Å². The Morgan fingerprint density at radius 3 is 2.18 bits per heavy atom. The average Bonchev–Trinajstić information content (AvgIpc) is 2.58. The van der Waals surface area contributed by atoms with Crippen LogP contribution in [0.15, 0.2) is 42.5 Å². The van der Waals surface area contributed by atoms with E-state index in [1.165, 1.54) is 12.1 Å². The molecule has 0 saturated carbocycles. The molecular weight excluding hydrogens is 416 g/mol. The summed E-state index contributed by atoms with van der Waals surface area (Å²) in [6.45, 7) is -2.17. The van der Waals surface area contributed by atoms with Crippen LogP contribution < -0.4 is 14.8 Å². The van der Waals surface area contributed by atoms with Gasteiger partial charge in [0, 0.05) is 5.02 Å². The van der Waals surface area contributed by atoms with Crippen molar-refractivity contribution in [2.45, 2.75) is 12.4 Å². The Balaban J connectivity index is 1.98. The maximum absolute atomic E-state index is 12.5. The SMILES string of the molecule is O=C(COc1ccc(C(F)(F)F)cc1)Nc1cc(Cl)ccc1OCC(F)(F)F. The molecule has 0 fully saturated rings. The maximum atomic E-state index is 12.5. The maximum Gasteiger partial charge on any atom is 0.422 e. The van der Waals surface area contributed by atoms with Crippen molar-refractivity contribution in [1.82, 2.24) is 0 Å². The van der Waals surface area contributed by atoms with Gasteiger partial charge in [-0.3, -0.25) is 4.79 Å². The van der Waals surface area contributed by atoms with Crippen LogP contribution in [-0.2, 0) is 11.0 Å². The summed E-state index contributed by atoms with van der Waals surface area (Å²) in [5.41, 5.74) is -0.993. The lowest BCUT2D eigenvalue weighted by Gasteiger charge is -2.14. The minimum absolute atomic E-state index is 0.00258. The van der Waals surface area contributed by atoms with Crippen LogP contribution in [0, 0.1) is 0 Å². The van der Waals surface area contributed by atoms with E-state index in [1.807, 2.05) is 0 Å². The Labute approximate surface area is 160 Å². The number of carbonyl (C=O) groups is 1. The lowest BCUT2D eigenvalue weighted by atomic mass is 10.2. The largest absolute Gasteiger partial charge is 0.484 e. The van der Waals surface area contributed by atoms with Gasteiger partial charge < -0.3 is 14.8 Å². The van der Waals surface area contributed by atoms with E-state index in [9.17, 15) is 31.1 Å². The molecule has 1 N–H and O–H groups in total. The van der Waals surface area contributed by atoms with Crippen LogP contribution >= 0.6 is 11.6 Å². The summed E-state index contributed by atoms with van der Waals surface area (Å²) in [5, 5.41) is 2.41. The zero-order valence-corrected chi connectivity index (χ0v) is 14.6. The third kappa shape index (κ3) is 6.84. The molecule has 2 aromatic carbocycles. The molecule has 4 nitrogen and oxygen atoms in total. The van der Waals surface area contributed by atoms with Gasteiger partial charge in [-0.1, -0.05) is 11.6 Å². The Hall–Kier alpha value is -2.62. The molecule has 152 valence electrons. The number of amides is 1. The Bertz CT molecular complexity index is 821. The second kappa shape index (κ2) is 8.59. The highest BCUT2D eigenvalue weighted by atomic mass is 35.5. The first-order valence-corrected chi connectivity index (χ1v) is 7.91. The van der Waals surface area contributed by atoms with Gasteiger partial charge in [-0.15, -0.1) is 0 Å². The third-order valence-corrected chi connectivity index (χ3v) is 3.39. The summed E-state index contributed by atoms with van der Waals surface area (Å²) in [7, 11) is 0. The van der Waals surface area contributed by atoms with E-state index in [-0.39, 0.29) is 22.2 Å². The van der Waals surface area contributed by atoms with Crippen molar-refractivity contribution in [3.8, 4) is 11.5 Å². The van der Waals surface area contributed by atoms with Crippen molar-refractivity contribution < 1.29 is 40.6 Å². The van der Waals surface area contributed by atoms with Gasteiger partial charge in [-0.25, -0.2) is 0 Å². The number of hydrogen-bond acceptors (Lipinski definition) is 3. The van der Waals surface area contributed by atoms with Crippen molar-refractivity contribution in [1.29, 1.82) is 0 Å². The first-order chi connectivity index (χ1) is 12.9. The minimum atomic E-state index is -4.58. The standard InChI is InChI=1S/C17H12ClF6NO3/c18-11-3-6-14(28-9-16(19,20)21)13(7-11)25-15(26)8-27-12-4-1-10(2-5-12)17(22,23)24/h1-7H,8-9H2,(H,25,26). The molecule has 0 spiro atoms. The average molecular weight is 428 g/mol. The molecule has 1 amide bonds. The van der Waals surface area contributed by atoms with Crippen LogP contribution in [0.3, 0.4) is 0 Å². The lowest BCUT2D eigenvalue weighted by molar-refractivity contribution is -0.153. The highest BCUT2D eigenvalue weighted by Gasteiger charge is 2.30. The fraction of sp³-hybridized carbons (Fsp3) is 0.235. The number of nitrogens with one attached hydrogen (secondary N) is 1. The van der Waals surface area contributed by atoms with Gasteiger partial charge >= 0.3 is 12.4 Å². The molecule has 0 aliphatic heterocycles. The number of rotatable bonds is 6. The molecule has 0 aliphatic rings. The monoisotopic (exact) mass is 427 g/mol. The van der Waals surface area contributed by atoms with Gasteiger partial charge in [0.15, 0.2) is 13.2 Å². The van der Waals surface area contributed by atoms with Crippen LogP contribution in [0.5, 0.6) is 11.5 Å². The fourth-order valence-electron chi connectivity index (χ4n) is 1.96. The van der Waals surface area contributed by atoms with E-state index in [0.29, 0.717) is 0 Å². The number of anilines is 1. The van der Waals surface area contributed by atoms with E-state index >= 15 is 0 Å². The van der Waals surface area contributed by atoms with Crippen molar-refractivity contribution in [2.75, 3.05) is 18.5 Å². The van der Waals surface area contributed by atoms with Gasteiger partial charge in [-0.2, -0.15) is 26.3 Å². The highest BCUT2D eigenvalue weighted by Crippen LogP contribution is 2.31. The molecule has 0 aromatic heterocycles. The zero-order chi connectivity index (χ0) is 20.9. The third-order valence-electron chi connectivity index (χ3n) is 3.16. The summed E-state index contributed by atoms with van der Waals surface area (Å²) in [6.07, 6.45) is -9.08. The molecule has 0 unspecified atom stereocenters. The van der Waals surface area contributed by atoms with Gasteiger partial charge in [0.25, 0.3) is 5.91 Å². The quantitative estimate of drug-likeness (QED) is 0.635. The Morgan fingerprint density at radius 2 is 1.61 bits per heavy atom. The van der Waals surface area contributed by atoms with Crippen LogP contribution in [0.25, 0.3) is 0 Å². The van der Waals surface area contributed by atoms with Crippen molar-refractivity contribution in [3.63, 3.8) is 0 Å². The van der Waals surface area contributed by atoms with Gasteiger partial charge in [0.2, 0.25) is 0 Å². The predicted molar refractivity (Wildman–Crippen MR) is 88.6 cm³/mol. The molecule has 2 aromatic rings. The van der Waals surface area contributed by atoms with E-state index < -0.39 is 37.0 Å². The molecule has 0 atom stereocenters. The molecule has 0 bridgehead atoms. The van der Waals surface area contributed by atoms with Crippen LogP contribution in [-0.4, -0.2) is 25.3 Å². The second-order valence-electron chi connectivity index (χ2n) is 5.40. The van der Waals surface area contributed by atoms with Gasteiger partial charge in [0.05, 0.1) is 11.3 Å². The topological polar surface area (TPSA) is 47.6 Å². The summed E-state index contributed by atoms with van der Waals surface area (Å²) < 4.78 is 84.0. The Morgan fingerprint density at radius 1 is 0.964 bits per heavy atom. The Kier molecular flexibility index (Phi) is 6.65. The number of ether oxygens (including phenoxy) is 2. The van der Waals surface area contributed by atoms with Gasteiger partial charge in [0.1, 0.15) is 11.5 Å². The lowest BCUT2D eigenvalue weighted by Crippen LogP contribution is -2.22. The summed E-state index contributed by atoms with van der Waals surface area (Å²) in [6, 6.07) is 7.26. The number of alkyl halides is 6. The highest BCUT2D eigenvalue weighted by molar-refractivity contribution is 6.31. The molecule has 0 saturated heterocycles.